The molecule has 0 radical (unpaired) electrons. The van der Waals surface area contributed by atoms with Gasteiger partial charge in [0.05, 0.1) is 11.7 Å². The lowest BCUT2D eigenvalue weighted by Gasteiger charge is -2.28. The van der Waals surface area contributed by atoms with Gasteiger partial charge in [0.1, 0.15) is 12.4 Å². The zero-order chi connectivity index (χ0) is 13.1. The van der Waals surface area contributed by atoms with Crippen LogP contribution < -0.4 is 4.74 Å². The van der Waals surface area contributed by atoms with Gasteiger partial charge < -0.3 is 14.9 Å². The SMILES string of the molecule is CC(C)C(C)(O)COc1ccccc1[C@H](C)O. The highest BCUT2D eigenvalue weighted by Crippen LogP contribution is 2.26. The van der Waals surface area contributed by atoms with E-state index >= 15 is 0 Å². The van der Waals surface area contributed by atoms with E-state index in [4.69, 9.17) is 4.74 Å². The quantitative estimate of drug-likeness (QED) is 0.828. The maximum Gasteiger partial charge on any atom is 0.125 e. The predicted octanol–water partition coefficient (Wildman–Crippen LogP) is 2.53. The molecular formula is C14H22O3. The van der Waals surface area contributed by atoms with Crippen molar-refractivity contribution < 1.29 is 14.9 Å². The Balaban J connectivity index is 2.76. The van der Waals surface area contributed by atoms with Gasteiger partial charge in [0.25, 0.3) is 0 Å². The van der Waals surface area contributed by atoms with E-state index in [1.54, 1.807) is 19.9 Å². The van der Waals surface area contributed by atoms with Gasteiger partial charge in [-0.05, 0) is 25.8 Å². The minimum atomic E-state index is -0.869. The van der Waals surface area contributed by atoms with E-state index in [9.17, 15) is 10.2 Å². The Labute approximate surface area is 103 Å². The zero-order valence-electron chi connectivity index (χ0n) is 11.0. The van der Waals surface area contributed by atoms with Crippen LogP contribution in [0.2, 0.25) is 0 Å². The Hall–Kier alpha value is -1.06. The van der Waals surface area contributed by atoms with Gasteiger partial charge in [-0.3, -0.25) is 0 Å². The molecule has 3 nitrogen and oxygen atoms in total. The average molecular weight is 238 g/mol. The van der Waals surface area contributed by atoms with Crippen molar-refractivity contribution >= 4 is 0 Å². The molecule has 0 aromatic heterocycles. The van der Waals surface area contributed by atoms with Crippen molar-refractivity contribution in [2.24, 2.45) is 5.92 Å². The van der Waals surface area contributed by atoms with Crippen LogP contribution in [0.25, 0.3) is 0 Å². The second-order valence-electron chi connectivity index (χ2n) is 5.01. The number of rotatable bonds is 5. The minimum Gasteiger partial charge on any atom is -0.490 e. The summed E-state index contributed by atoms with van der Waals surface area (Å²) in [7, 11) is 0. The van der Waals surface area contributed by atoms with Gasteiger partial charge in [-0.1, -0.05) is 32.0 Å². The summed E-state index contributed by atoms with van der Waals surface area (Å²) in [5, 5.41) is 19.7. The molecule has 0 bridgehead atoms. The number of ether oxygens (including phenoxy) is 1. The van der Waals surface area contributed by atoms with Crippen molar-refractivity contribution in [3.05, 3.63) is 29.8 Å². The largest absolute Gasteiger partial charge is 0.490 e. The van der Waals surface area contributed by atoms with Crippen LogP contribution in [0.3, 0.4) is 0 Å². The number of benzene rings is 1. The molecule has 3 heteroatoms. The topological polar surface area (TPSA) is 49.7 Å². The lowest BCUT2D eigenvalue weighted by molar-refractivity contribution is -0.0273. The maximum atomic E-state index is 10.1. The molecule has 17 heavy (non-hydrogen) atoms. The highest BCUT2D eigenvalue weighted by atomic mass is 16.5. The van der Waals surface area contributed by atoms with Crippen molar-refractivity contribution in [3.63, 3.8) is 0 Å². The van der Waals surface area contributed by atoms with Crippen LogP contribution in [-0.4, -0.2) is 22.4 Å². The molecule has 0 saturated heterocycles. The summed E-state index contributed by atoms with van der Waals surface area (Å²) in [4.78, 5) is 0. The average Bonchev–Trinajstić information content (AvgIpc) is 2.26. The van der Waals surface area contributed by atoms with Crippen LogP contribution >= 0.6 is 0 Å². The Kier molecular flexibility index (Phi) is 4.54. The molecule has 1 aromatic carbocycles. The van der Waals surface area contributed by atoms with Gasteiger partial charge in [-0.15, -0.1) is 0 Å². The third kappa shape index (κ3) is 3.72. The van der Waals surface area contributed by atoms with E-state index in [1.165, 1.54) is 0 Å². The molecule has 2 atom stereocenters. The number of hydrogen-bond donors (Lipinski definition) is 2. The molecule has 0 saturated carbocycles. The highest BCUT2D eigenvalue weighted by molar-refractivity contribution is 5.34. The molecule has 0 aliphatic heterocycles. The monoisotopic (exact) mass is 238 g/mol. The highest BCUT2D eigenvalue weighted by Gasteiger charge is 2.26. The Morgan fingerprint density at radius 2 is 1.82 bits per heavy atom. The molecule has 0 heterocycles. The number of aliphatic hydroxyl groups excluding tert-OH is 1. The van der Waals surface area contributed by atoms with Crippen molar-refractivity contribution in [2.75, 3.05) is 6.61 Å². The second kappa shape index (κ2) is 5.52. The molecule has 96 valence electrons. The molecule has 0 aliphatic rings. The molecular weight excluding hydrogens is 216 g/mol. The fourth-order valence-corrected chi connectivity index (χ4v) is 1.35. The molecule has 1 rings (SSSR count). The fraction of sp³-hybridized carbons (Fsp3) is 0.571. The number of para-hydroxylation sites is 1. The summed E-state index contributed by atoms with van der Waals surface area (Å²) in [6.45, 7) is 7.56. The van der Waals surface area contributed by atoms with Gasteiger partial charge in [-0.25, -0.2) is 0 Å². The van der Waals surface area contributed by atoms with Crippen LogP contribution in [0, 0.1) is 5.92 Å². The fourth-order valence-electron chi connectivity index (χ4n) is 1.35. The summed E-state index contributed by atoms with van der Waals surface area (Å²) >= 11 is 0. The first-order valence-corrected chi connectivity index (χ1v) is 5.96. The molecule has 2 N–H and O–H groups in total. The first-order valence-electron chi connectivity index (χ1n) is 5.96. The molecule has 0 aliphatic carbocycles. The van der Waals surface area contributed by atoms with Gasteiger partial charge in [0.2, 0.25) is 0 Å². The van der Waals surface area contributed by atoms with Crippen LogP contribution in [0.4, 0.5) is 0 Å². The van der Waals surface area contributed by atoms with E-state index in [0.29, 0.717) is 5.75 Å². The van der Waals surface area contributed by atoms with Crippen LogP contribution in [-0.2, 0) is 0 Å². The van der Waals surface area contributed by atoms with E-state index in [0.717, 1.165) is 5.56 Å². The van der Waals surface area contributed by atoms with E-state index in [-0.39, 0.29) is 12.5 Å². The lowest BCUT2D eigenvalue weighted by atomic mass is 9.94. The minimum absolute atomic E-state index is 0.112. The van der Waals surface area contributed by atoms with Crippen molar-refractivity contribution in [3.8, 4) is 5.75 Å². The van der Waals surface area contributed by atoms with Crippen LogP contribution in [0.15, 0.2) is 24.3 Å². The molecule has 0 spiro atoms. The Bertz CT molecular complexity index is 356. The van der Waals surface area contributed by atoms with Crippen LogP contribution in [0.5, 0.6) is 5.75 Å². The number of aliphatic hydroxyl groups is 2. The lowest BCUT2D eigenvalue weighted by Crippen LogP contribution is -2.38. The first kappa shape index (κ1) is 14.0. The smallest absolute Gasteiger partial charge is 0.125 e. The van der Waals surface area contributed by atoms with E-state index in [1.807, 2.05) is 32.0 Å². The molecule has 1 unspecified atom stereocenters. The van der Waals surface area contributed by atoms with Crippen molar-refractivity contribution in [1.82, 2.24) is 0 Å². The molecule has 1 aromatic rings. The third-order valence-electron chi connectivity index (χ3n) is 3.13. The summed E-state index contributed by atoms with van der Waals surface area (Å²) in [6.07, 6.45) is -0.574. The second-order valence-corrected chi connectivity index (χ2v) is 5.01. The molecule has 0 fully saturated rings. The summed E-state index contributed by atoms with van der Waals surface area (Å²) < 4.78 is 5.61. The van der Waals surface area contributed by atoms with Gasteiger partial charge in [0, 0.05) is 5.56 Å². The Morgan fingerprint density at radius 3 is 2.35 bits per heavy atom. The summed E-state index contributed by atoms with van der Waals surface area (Å²) in [6, 6.07) is 7.34. The first-order chi connectivity index (χ1) is 7.84. The predicted molar refractivity (Wildman–Crippen MR) is 68.0 cm³/mol. The zero-order valence-corrected chi connectivity index (χ0v) is 11.0. The van der Waals surface area contributed by atoms with Crippen molar-refractivity contribution in [2.45, 2.75) is 39.4 Å². The van der Waals surface area contributed by atoms with Crippen molar-refractivity contribution in [1.29, 1.82) is 0 Å². The standard InChI is InChI=1S/C14H22O3/c1-10(2)14(4,16)9-17-13-8-6-5-7-12(13)11(3)15/h5-8,10-11,15-16H,9H2,1-4H3/t11-,14?/m0/s1. The third-order valence-corrected chi connectivity index (χ3v) is 3.13. The summed E-state index contributed by atoms with van der Waals surface area (Å²) in [5.41, 5.74) is -0.127. The van der Waals surface area contributed by atoms with E-state index < -0.39 is 11.7 Å². The normalized spacial score (nSPS) is 16.6. The van der Waals surface area contributed by atoms with Gasteiger partial charge >= 0.3 is 0 Å². The van der Waals surface area contributed by atoms with Gasteiger partial charge in [-0.2, -0.15) is 0 Å². The Morgan fingerprint density at radius 1 is 1.24 bits per heavy atom. The number of hydrogen-bond acceptors (Lipinski definition) is 3. The maximum absolute atomic E-state index is 10.1. The molecule has 0 amide bonds. The van der Waals surface area contributed by atoms with E-state index in [2.05, 4.69) is 0 Å². The van der Waals surface area contributed by atoms with Gasteiger partial charge in [0.15, 0.2) is 0 Å². The van der Waals surface area contributed by atoms with Crippen LogP contribution in [0.1, 0.15) is 39.4 Å². The summed E-state index contributed by atoms with van der Waals surface area (Å²) in [5.74, 6) is 0.740.